The molecule has 0 radical (unpaired) electrons. The van der Waals surface area contributed by atoms with Crippen molar-refractivity contribution in [2.24, 2.45) is 0 Å². The summed E-state index contributed by atoms with van der Waals surface area (Å²) in [5, 5.41) is 19.0. The van der Waals surface area contributed by atoms with E-state index in [-0.39, 0.29) is 37.5 Å². The van der Waals surface area contributed by atoms with Crippen molar-refractivity contribution in [2.45, 2.75) is 25.4 Å². The number of carbonyl (C=O) groups excluding carboxylic acids is 1. The van der Waals surface area contributed by atoms with E-state index >= 15 is 0 Å². The predicted octanol–water partition coefficient (Wildman–Crippen LogP) is 1.70. The highest BCUT2D eigenvalue weighted by molar-refractivity contribution is 5.97. The molecule has 24 heavy (non-hydrogen) atoms. The van der Waals surface area contributed by atoms with Crippen LogP contribution in [0.2, 0.25) is 0 Å². The van der Waals surface area contributed by atoms with Gasteiger partial charge in [-0.15, -0.1) is 0 Å². The third-order valence-corrected chi connectivity index (χ3v) is 4.36. The Morgan fingerprint density at radius 1 is 1.21 bits per heavy atom. The number of likely N-dealkylation sites (tertiary alicyclic amines) is 1. The molecule has 7 heteroatoms. The zero-order valence-electron chi connectivity index (χ0n) is 13.2. The summed E-state index contributed by atoms with van der Waals surface area (Å²) in [6, 6.07) is 7.54. The van der Waals surface area contributed by atoms with Crippen LogP contribution in [0, 0.1) is 6.92 Å². The maximum atomic E-state index is 12.7. The first-order chi connectivity index (χ1) is 11.4. The predicted molar refractivity (Wildman–Crippen MR) is 84.4 cm³/mol. The van der Waals surface area contributed by atoms with Crippen LogP contribution < -0.4 is 0 Å². The largest absolute Gasteiger partial charge is 0.479 e. The molecule has 7 nitrogen and oxygen atoms in total. The number of aliphatic hydroxyl groups is 1. The van der Waals surface area contributed by atoms with Crippen LogP contribution >= 0.6 is 0 Å². The molecule has 1 aromatic carbocycles. The SMILES string of the molecule is Cc1ccc(-c2ocnc2C(=O)N2CCC(O)(C(=O)O)CC2)cc1. The summed E-state index contributed by atoms with van der Waals surface area (Å²) >= 11 is 0. The zero-order valence-corrected chi connectivity index (χ0v) is 13.2. The molecule has 2 heterocycles. The lowest BCUT2D eigenvalue weighted by molar-refractivity contribution is -0.162. The van der Waals surface area contributed by atoms with Crippen molar-refractivity contribution < 1.29 is 24.2 Å². The molecule has 0 unspecified atom stereocenters. The van der Waals surface area contributed by atoms with Gasteiger partial charge < -0.3 is 19.5 Å². The molecule has 0 saturated carbocycles. The number of carbonyl (C=O) groups is 2. The number of aromatic nitrogens is 1. The van der Waals surface area contributed by atoms with Crippen molar-refractivity contribution in [1.82, 2.24) is 9.88 Å². The summed E-state index contributed by atoms with van der Waals surface area (Å²) in [4.78, 5) is 29.3. The number of piperidine rings is 1. The Morgan fingerprint density at radius 2 is 1.83 bits per heavy atom. The molecular formula is C17H18N2O5. The third-order valence-electron chi connectivity index (χ3n) is 4.36. The fourth-order valence-electron chi connectivity index (χ4n) is 2.75. The molecule has 0 aliphatic carbocycles. The first-order valence-corrected chi connectivity index (χ1v) is 7.66. The first-order valence-electron chi connectivity index (χ1n) is 7.66. The summed E-state index contributed by atoms with van der Waals surface area (Å²) < 4.78 is 5.38. The molecule has 3 rings (SSSR count). The van der Waals surface area contributed by atoms with Gasteiger partial charge in [-0.25, -0.2) is 9.78 Å². The third kappa shape index (κ3) is 2.90. The van der Waals surface area contributed by atoms with Gasteiger partial charge in [0.2, 0.25) is 0 Å². The molecular weight excluding hydrogens is 312 g/mol. The number of carboxylic acid groups (broad SMARTS) is 1. The number of oxazole rings is 1. The molecule has 1 aliphatic heterocycles. The number of rotatable bonds is 3. The normalized spacial score (nSPS) is 16.8. The number of aliphatic carboxylic acids is 1. The minimum absolute atomic E-state index is 0.00815. The van der Waals surface area contributed by atoms with E-state index in [4.69, 9.17) is 9.52 Å². The minimum Gasteiger partial charge on any atom is -0.479 e. The van der Waals surface area contributed by atoms with Gasteiger partial charge in [0.25, 0.3) is 5.91 Å². The summed E-state index contributed by atoms with van der Waals surface area (Å²) in [6.07, 6.45) is 1.21. The van der Waals surface area contributed by atoms with Crippen LogP contribution in [0.1, 0.15) is 28.9 Å². The van der Waals surface area contributed by atoms with Crippen LogP contribution in [0.15, 0.2) is 35.1 Å². The summed E-state index contributed by atoms with van der Waals surface area (Å²) in [5.41, 5.74) is 0.274. The Hall–Kier alpha value is -2.67. The topological polar surface area (TPSA) is 104 Å². The molecule has 0 spiro atoms. The molecule has 0 atom stereocenters. The van der Waals surface area contributed by atoms with E-state index in [1.807, 2.05) is 31.2 Å². The van der Waals surface area contributed by atoms with E-state index in [9.17, 15) is 14.7 Å². The number of nitrogens with zero attached hydrogens (tertiary/aromatic N) is 2. The van der Waals surface area contributed by atoms with Crippen molar-refractivity contribution in [3.63, 3.8) is 0 Å². The average Bonchev–Trinajstić information content (AvgIpc) is 3.05. The van der Waals surface area contributed by atoms with Crippen molar-refractivity contribution >= 4 is 11.9 Å². The second-order valence-electron chi connectivity index (χ2n) is 6.03. The fourth-order valence-corrected chi connectivity index (χ4v) is 2.75. The maximum absolute atomic E-state index is 12.7. The monoisotopic (exact) mass is 330 g/mol. The van der Waals surface area contributed by atoms with Gasteiger partial charge in [-0.05, 0) is 6.92 Å². The number of amides is 1. The lowest BCUT2D eigenvalue weighted by Gasteiger charge is -2.35. The zero-order chi connectivity index (χ0) is 17.3. The molecule has 1 aliphatic rings. The Morgan fingerprint density at radius 3 is 2.42 bits per heavy atom. The number of hydrogen-bond acceptors (Lipinski definition) is 5. The van der Waals surface area contributed by atoms with Crippen molar-refractivity contribution in [1.29, 1.82) is 0 Å². The highest BCUT2D eigenvalue weighted by Crippen LogP contribution is 2.27. The Bertz CT molecular complexity index is 758. The van der Waals surface area contributed by atoms with Gasteiger partial charge in [0, 0.05) is 31.5 Å². The second kappa shape index (κ2) is 6.09. The highest BCUT2D eigenvalue weighted by Gasteiger charge is 2.41. The Kier molecular flexibility index (Phi) is 4.11. The van der Waals surface area contributed by atoms with Crippen molar-refractivity contribution in [2.75, 3.05) is 13.1 Å². The molecule has 0 bridgehead atoms. The Balaban J connectivity index is 1.79. The average molecular weight is 330 g/mol. The van der Waals surface area contributed by atoms with Crippen LogP contribution in [0.4, 0.5) is 0 Å². The molecule has 1 aromatic heterocycles. The maximum Gasteiger partial charge on any atom is 0.335 e. The van der Waals surface area contributed by atoms with Gasteiger partial charge >= 0.3 is 5.97 Å². The van der Waals surface area contributed by atoms with Crippen LogP contribution in [0.5, 0.6) is 0 Å². The summed E-state index contributed by atoms with van der Waals surface area (Å²) in [7, 11) is 0. The van der Waals surface area contributed by atoms with E-state index in [0.717, 1.165) is 11.1 Å². The Labute approximate surface area is 138 Å². The molecule has 1 saturated heterocycles. The number of aryl methyl sites for hydroxylation is 1. The minimum atomic E-state index is -1.76. The summed E-state index contributed by atoms with van der Waals surface area (Å²) in [5.74, 6) is -1.19. The van der Waals surface area contributed by atoms with Crippen molar-refractivity contribution in [3.05, 3.63) is 41.9 Å². The van der Waals surface area contributed by atoms with E-state index in [0.29, 0.717) is 5.76 Å². The van der Waals surface area contributed by atoms with Crippen LogP contribution in [0.25, 0.3) is 11.3 Å². The van der Waals surface area contributed by atoms with E-state index in [1.54, 1.807) is 0 Å². The lowest BCUT2D eigenvalue weighted by atomic mass is 9.91. The van der Waals surface area contributed by atoms with E-state index in [2.05, 4.69) is 4.98 Å². The summed E-state index contributed by atoms with van der Waals surface area (Å²) in [6.45, 7) is 2.28. The standard InChI is InChI=1S/C17H18N2O5/c1-11-2-4-12(5-3-11)14-13(18-10-24-14)15(20)19-8-6-17(23,7-9-19)16(21)22/h2-5,10,23H,6-9H2,1H3,(H,21,22). The fraction of sp³-hybridized carbons (Fsp3) is 0.353. The first kappa shape index (κ1) is 16.2. The van der Waals surface area contributed by atoms with E-state index < -0.39 is 11.6 Å². The van der Waals surface area contributed by atoms with Gasteiger partial charge in [-0.1, -0.05) is 29.8 Å². The molecule has 1 fully saturated rings. The van der Waals surface area contributed by atoms with Crippen LogP contribution in [-0.2, 0) is 4.79 Å². The lowest BCUT2D eigenvalue weighted by Crippen LogP contribution is -2.50. The van der Waals surface area contributed by atoms with Crippen LogP contribution in [0.3, 0.4) is 0 Å². The number of hydrogen-bond donors (Lipinski definition) is 2. The smallest absolute Gasteiger partial charge is 0.335 e. The van der Waals surface area contributed by atoms with E-state index in [1.165, 1.54) is 11.3 Å². The quantitative estimate of drug-likeness (QED) is 0.888. The molecule has 2 aromatic rings. The van der Waals surface area contributed by atoms with Crippen LogP contribution in [-0.4, -0.2) is 50.7 Å². The van der Waals surface area contributed by atoms with Gasteiger partial charge in [0.15, 0.2) is 23.4 Å². The highest BCUT2D eigenvalue weighted by atomic mass is 16.4. The molecule has 126 valence electrons. The van der Waals surface area contributed by atoms with Gasteiger partial charge in [-0.2, -0.15) is 0 Å². The van der Waals surface area contributed by atoms with Gasteiger partial charge in [-0.3, -0.25) is 4.79 Å². The van der Waals surface area contributed by atoms with Crippen molar-refractivity contribution in [3.8, 4) is 11.3 Å². The number of benzene rings is 1. The van der Waals surface area contributed by atoms with Gasteiger partial charge in [0.1, 0.15) is 0 Å². The molecule has 1 amide bonds. The second-order valence-corrected chi connectivity index (χ2v) is 6.03. The molecule has 2 N–H and O–H groups in total. The van der Waals surface area contributed by atoms with Gasteiger partial charge in [0.05, 0.1) is 0 Å². The number of carboxylic acids is 1.